The molecule has 1 aromatic carbocycles. The van der Waals surface area contributed by atoms with E-state index in [0.717, 1.165) is 42.8 Å². The Labute approximate surface area is 159 Å². The van der Waals surface area contributed by atoms with Crippen LogP contribution >= 0.6 is 0 Å². The first-order valence-electron chi connectivity index (χ1n) is 9.65. The van der Waals surface area contributed by atoms with Gasteiger partial charge in [0.2, 0.25) is 0 Å². The summed E-state index contributed by atoms with van der Waals surface area (Å²) in [4.78, 5) is 22.0. The molecule has 0 radical (unpaired) electrons. The van der Waals surface area contributed by atoms with E-state index < -0.39 is 0 Å². The van der Waals surface area contributed by atoms with Gasteiger partial charge >= 0.3 is 0 Å². The lowest BCUT2D eigenvalue weighted by atomic mass is 10.0. The zero-order chi connectivity index (χ0) is 18.8. The van der Waals surface area contributed by atoms with Crippen molar-refractivity contribution in [3.05, 3.63) is 81.9 Å². The van der Waals surface area contributed by atoms with Crippen molar-refractivity contribution in [2.45, 2.75) is 32.6 Å². The third-order valence-electron chi connectivity index (χ3n) is 5.50. The zero-order valence-electron chi connectivity index (χ0n) is 15.9. The molecule has 1 aliphatic heterocycles. The molecule has 27 heavy (non-hydrogen) atoms. The molecule has 1 atom stereocenters. The molecule has 0 bridgehead atoms. The van der Waals surface area contributed by atoms with E-state index >= 15 is 0 Å². The van der Waals surface area contributed by atoms with Crippen molar-refractivity contribution in [1.82, 2.24) is 9.97 Å². The summed E-state index contributed by atoms with van der Waals surface area (Å²) in [6.45, 7) is 6.02. The first-order chi connectivity index (χ1) is 13.2. The Hall–Kier alpha value is -2.88. The number of aromatic nitrogens is 2. The first kappa shape index (κ1) is 17.5. The van der Waals surface area contributed by atoms with Gasteiger partial charge in [-0.05, 0) is 61.2 Å². The fraction of sp³-hybridized carbons (Fsp3) is 0.304. The van der Waals surface area contributed by atoms with Crippen LogP contribution in [0.3, 0.4) is 0 Å². The molecule has 138 valence electrons. The highest BCUT2D eigenvalue weighted by atomic mass is 16.1. The van der Waals surface area contributed by atoms with Crippen molar-refractivity contribution in [3.8, 4) is 11.3 Å². The maximum Gasteiger partial charge on any atom is 0.251 e. The summed E-state index contributed by atoms with van der Waals surface area (Å²) >= 11 is 0. The van der Waals surface area contributed by atoms with Crippen molar-refractivity contribution >= 4 is 5.69 Å². The second-order valence-corrected chi connectivity index (χ2v) is 7.27. The summed E-state index contributed by atoms with van der Waals surface area (Å²) in [7, 11) is 0. The van der Waals surface area contributed by atoms with Crippen LogP contribution in [0.4, 0.5) is 5.69 Å². The van der Waals surface area contributed by atoms with Crippen molar-refractivity contribution in [1.29, 1.82) is 0 Å². The van der Waals surface area contributed by atoms with E-state index in [0.29, 0.717) is 5.92 Å². The molecule has 0 amide bonds. The quantitative estimate of drug-likeness (QED) is 0.755. The summed E-state index contributed by atoms with van der Waals surface area (Å²) in [6, 6.07) is 16.7. The largest absolute Gasteiger partial charge is 0.371 e. The summed E-state index contributed by atoms with van der Waals surface area (Å²) in [5.74, 6) is 0.492. The molecule has 4 nitrogen and oxygen atoms in total. The van der Waals surface area contributed by atoms with E-state index in [1.807, 2.05) is 25.3 Å². The van der Waals surface area contributed by atoms with E-state index in [9.17, 15) is 4.79 Å². The topological polar surface area (TPSA) is 49.0 Å². The summed E-state index contributed by atoms with van der Waals surface area (Å²) in [5.41, 5.74) is 6.34. The SMILES string of the molecule is CCc1cc(C)c(=O)[nH]c1-c1ccc(N2CCC(c3ccccn3)C2)cc1. The average molecular weight is 359 g/mol. The Morgan fingerprint density at radius 1 is 1.19 bits per heavy atom. The number of pyridine rings is 2. The lowest BCUT2D eigenvalue weighted by molar-refractivity contribution is 0.744. The molecule has 0 aliphatic carbocycles. The molecule has 3 aromatic rings. The summed E-state index contributed by atoms with van der Waals surface area (Å²) < 4.78 is 0. The Kier molecular flexibility index (Phi) is 4.80. The van der Waals surface area contributed by atoms with E-state index in [-0.39, 0.29) is 5.56 Å². The number of anilines is 1. The van der Waals surface area contributed by atoms with Crippen LogP contribution in [0.5, 0.6) is 0 Å². The van der Waals surface area contributed by atoms with Crippen LogP contribution in [0, 0.1) is 6.92 Å². The lowest BCUT2D eigenvalue weighted by Crippen LogP contribution is -2.19. The van der Waals surface area contributed by atoms with E-state index in [4.69, 9.17) is 0 Å². The highest BCUT2D eigenvalue weighted by Crippen LogP contribution is 2.31. The molecule has 3 heterocycles. The Balaban J connectivity index is 1.55. The summed E-state index contributed by atoms with van der Waals surface area (Å²) in [5, 5.41) is 0. The monoisotopic (exact) mass is 359 g/mol. The van der Waals surface area contributed by atoms with Crippen LogP contribution in [0.25, 0.3) is 11.3 Å². The van der Waals surface area contributed by atoms with Gasteiger partial charge in [-0.2, -0.15) is 0 Å². The number of aromatic amines is 1. The standard InChI is InChI=1S/C23H25N3O/c1-3-17-14-16(2)23(27)25-22(17)18-7-9-20(10-8-18)26-13-11-19(15-26)21-6-4-5-12-24-21/h4-10,12,14,19H,3,11,13,15H2,1-2H3,(H,25,27). The van der Waals surface area contributed by atoms with Gasteiger partial charge in [-0.15, -0.1) is 0 Å². The molecule has 0 spiro atoms. The predicted octanol–water partition coefficient (Wildman–Crippen LogP) is 4.30. The fourth-order valence-electron chi connectivity index (χ4n) is 3.92. The molecular formula is C23H25N3O. The maximum absolute atomic E-state index is 12.1. The predicted molar refractivity (Wildman–Crippen MR) is 110 cm³/mol. The van der Waals surface area contributed by atoms with Gasteiger partial charge in [0.1, 0.15) is 0 Å². The Bertz CT molecular complexity index is 977. The van der Waals surface area contributed by atoms with Crippen LogP contribution in [-0.2, 0) is 6.42 Å². The normalized spacial score (nSPS) is 16.7. The average Bonchev–Trinajstić information content (AvgIpc) is 3.21. The number of H-pyrrole nitrogens is 1. The van der Waals surface area contributed by atoms with Gasteiger partial charge in [-0.1, -0.05) is 25.1 Å². The van der Waals surface area contributed by atoms with Crippen LogP contribution in [0.1, 0.15) is 36.1 Å². The molecule has 1 aliphatic rings. The second kappa shape index (κ2) is 7.39. The maximum atomic E-state index is 12.1. The minimum Gasteiger partial charge on any atom is -0.371 e. The Morgan fingerprint density at radius 2 is 2.00 bits per heavy atom. The van der Waals surface area contributed by atoms with Crippen LogP contribution in [0.2, 0.25) is 0 Å². The molecule has 1 saturated heterocycles. The van der Waals surface area contributed by atoms with Gasteiger partial charge in [0.05, 0.1) is 5.69 Å². The fourth-order valence-corrected chi connectivity index (χ4v) is 3.92. The van der Waals surface area contributed by atoms with Crippen LogP contribution < -0.4 is 10.5 Å². The molecule has 0 saturated carbocycles. The zero-order valence-corrected chi connectivity index (χ0v) is 15.9. The Morgan fingerprint density at radius 3 is 2.70 bits per heavy atom. The number of aryl methyl sites for hydroxylation is 2. The van der Waals surface area contributed by atoms with Crippen molar-refractivity contribution < 1.29 is 0 Å². The first-order valence-corrected chi connectivity index (χ1v) is 9.65. The van der Waals surface area contributed by atoms with Crippen LogP contribution in [-0.4, -0.2) is 23.1 Å². The van der Waals surface area contributed by atoms with E-state index in [2.05, 4.69) is 58.2 Å². The minimum absolute atomic E-state index is 0.0102. The van der Waals surface area contributed by atoms with Gasteiger partial charge in [0.25, 0.3) is 5.56 Å². The lowest BCUT2D eigenvalue weighted by Gasteiger charge is -2.19. The highest BCUT2D eigenvalue weighted by Gasteiger charge is 2.24. The van der Waals surface area contributed by atoms with Gasteiger partial charge < -0.3 is 9.88 Å². The minimum atomic E-state index is -0.0102. The smallest absolute Gasteiger partial charge is 0.251 e. The molecule has 1 N–H and O–H groups in total. The molecule has 4 heteroatoms. The molecule has 2 aromatic heterocycles. The van der Waals surface area contributed by atoms with Crippen LogP contribution in [0.15, 0.2) is 59.5 Å². The number of benzene rings is 1. The number of nitrogens with one attached hydrogen (secondary N) is 1. The molecular weight excluding hydrogens is 334 g/mol. The summed E-state index contributed by atoms with van der Waals surface area (Å²) in [6.07, 6.45) is 3.90. The number of hydrogen-bond donors (Lipinski definition) is 1. The molecule has 4 rings (SSSR count). The molecule has 1 fully saturated rings. The van der Waals surface area contributed by atoms with E-state index in [1.165, 1.54) is 16.9 Å². The number of nitrogens with zero attached hydrogens (tertiary/aromatic N) is 2. The van der Waals surface area contributed by atoms with E-state index in [1.54, 1.807) is 0 Å². The number of hydrogen-bond acceptors (Lipinski definition) is 3. The van der Waals surface area contributed by atoms with Gasteiger partial charge in [0.15, 0.2) is 0 Å². The van der Waals surface area contributed by atoms with Gasteiger partial charge in [-0.3, -0.25) is 9.78 Å². The number of rotatable bonds is 4. The second-order valence-electron chi connectivity index (χ2n) is 7.27. The van der Waals surface area contributed by atoms with Crippen molar-refractivity contribution in [2.75, 3.05) is 18.0 Å². The van der Waals surface area contributed by atoms with Gasteiger partial charge in [-0.25, -0.2) is 0 Å². The highest BCUT2D eigenvalue weighted by molar-refractivity contribution is 5.66. The molecule has 1 unspecified atom stereocenters. The third-order valence-corrected chi connectivity index (χ3v) is 5.50. The van der Waals surface area contributed by atoms with Crippen molar-refractivity contribution in [3.63, 3.8) is 0 Å². The third kappa shape index (κ3) is 3.52. The van der Waals surface area contributed by atoms with Gasteiger partial charge in [0, 0.05) is 42.1 Å². The van der Waals surface area contributed by atoms with Crippen molar-refractivity contribution in [2.24, 2.45) is 0 Å².